The first-order chi connectivity index (χ1) is 21.4. The number of nitrogens with zero attached hydrogens (tertiary/aromatic N) is 2. The SMILES string of the molecule is CCCCCCCCCCCCC(C)N(CCCCN(CC(O)CN)C(C)CCCCCCCCCCCC)CC(O)CN. The van der Waals surface area contributed by atoms with Crippen LogP contribution in [0.1, 0.15) is 182 Å². The normalized spacial score (nSPS) is 14.9. The molecular weight excluding hydrogens is 544 g/mol. The van der Waals surface area contributed by atoms with Gasteiger partial charge >= 0.3 is 0 Å². The molecule has 6 heteroatoms. The second kappa shape index (κ2) is 32.7. The fourth-order valence-corrected chi connectivity index (χ4v) is 6.52. The lowest BCUT2D eigenvalue weighted by Gasteiger charge is -2.33. The van der Waals surface area contributed by atoms with Gasteiger partial charge < -0.3 is 21.7 Å². The van der Waals surface area contributed by atoms with Crippen molar-refractivity contribution < 1.29 is 10.2 Å². The van der Waals surface area contributed by atoms with Crippen LogP contribution in [-0.4, -0.2) is 83.6 Å². The predicted molar refractivity (Wildman–Crippen MR) is 194 cm³/mol. The summed E-state index contributed by atoms with van der Waals surface area (Å²) in [6.07, 6.45) is 31.0. The van der Waals surface area contributed by atoms with Crippen molar-refractivity contribution in [3.8, 4) is 0 Å². The van der Waals surface area contributed by atoms with Crippen LogP contribution in [0.15, 0.2) is 0 Å². The highest BCUT2D eigenvalue weighted by molar-refractivity contribution is 4.75. The van der Waals surface area contributed by atoms with E-state index in [-0.39, 0.29) is 0 Å². The van der Waals surface area contributed by atoms with E-state index in [1.165, 1.54) is 141 Å². The number of aliphatic hydroxyl groups is 2. The van der Waals surface area contributed by atoms with Gasteiger partial charge in [0, 0.05) is 38.3 Å². The zero-order valence-electron chi connectivity index (χ0n) is 30.5. The summed E-state index contributed by atoms with van der Waals surface area (Å²) in [6.45, 7) is 13.2. The highest BCUT2D eigenvalue weighted by atomic mass is 16.3. The zero-order chi connectivity index (χ0) is 32.7. The van der Waals surface area contributed by atoms with Crippen LogP contribution >= 0.6 is 0 Å². The van der Waals surface area contributed by atoms with Crippen molar-refractivity contribution in [2.45, 2.75) is 206 Å². The predicted octanol–water partition coefficient (Wildman–Crippen LogP) is 8.41. The Morgan fingerprint density at radius 2 is 0.705 bits per heavy atom. The van der Waals surface area contributed by atoms with Crippen molar-refractivity contribution in [2.24, 2.45) is 11.5 Å². The lowest BCUT2D eigenvalue weighted by molar-refractivity contribution is 0.0813. The molecule has 4 atom stereocenters. The minimum Gasteiger partial charge on any atom is -0.390 e. The van der Waals surface area contributed by atoms with Gasteiger partial charge in [0.2, 0.25) is 0 Å². The molecule has 0 fully saturated rings. The van der Waals surface area contributed by atoms with Gasteiger partial charge in [-0.3, -0.25) is 9.80 Å². The van der Waals surface area contributed by atoms with Gasteiger partial charge in [-0.1, -0.05) is 142 Å². The Morgan fingerprint density at radius 3 is 0.977 bits per heavy atom. The minimum atomic E-state index is -0.456. The monoisotopic (exact) mass is 627 g/mol. The van der Waals surface area contributed by atoms with E-state index in [1.807, 2.05) is 0 Å². The summed E-state index contributed by atoms with van der Waals surface area (Å²) in [5, 5.41) is 20.7. The quantitative estimate of drug-likeness (QED) is 0.0527. The van der Waals surface area contributed by atoms with Gasteiger partial charge in [0.1, 0.15) is 0 Å². The van der Waals surface area contributed by atoms with Crippen LogP contribution in [0.2, 0.25) is 0 Å². The van der Waals surface area contributed by atoms with Gasteiger partial charge in [-0.05, 0) is 52.6 Å². The molecule has 0 aromatic rings. The molecule has 0 aliphatic rings. The molecule has 0 aliphatic carbocycles. The van der Waals surface area contributed by atoms with E-state index in [0.29, 0.717) is 38.3 Å². The molecule has 0 aromatic heterocycles. The summed E-state index contributed by atoms with van der Waals surface area (Å²) >= 11 is 0. The summed E-state index contributed by atoms with van der Waals surface area (Å²) in [5.74, 6) is 0. The van der Waals surface area contributed by atoms with Gasteiger partial charge in [0.05, 0.1) is 12.2 Å². The first-order valence-corrected chi connectivity index (χ1v) is 19.6. The summed E-state index contributed by atoms with van der Waals surface area (Å²) in [5.41, 5.74) is 11.6. The van der Waals surface area contributed by atoms with E-state index < -0.39 is 12.2 Å². The number of hydrogen-bond acceptors (Lipinski definition) is 6. The molecule has 0 aliphatic heterocycles. The van der Waals surface area contributed by atoms with Gasteiger partial charge in [-0.15, -0.1) is 0 Å². The molecule has 0 aromatic carbocycles. The molecular formula is C38H82N4O2. The molecule has 4 unspecified atom stereocenters. The molecule has 0 heterocycles. The van der Waals surface area contributed by atoms with Crippen LogP contribution in [0.5, 0.6) is 0 Å². The molecule has 0 bridgehead atoms. The molecule has 0 saturated heterocycles. The molecule has 6 nitrogen and oxygen atoms in total. The summed E-state index contributed by atoms with van der Waals surface area (Å²) in [6, 6.07) is 0.936. The number of unbranched alkanes of at least 4 members (excludes halogenated alkanes) is 19. The van der Waals surface area contributed by atoms with E-state index in [1.54, 1.807) is 0 Å². The maximum Gasteiger partial charge on any atom is 0.0789 e. The van der Waals surface area contributed by atoms with E-state index in [0.717, 1.165) is 25.9 Å². The Balaban J connectivity index is 4.43. The summed E-state index contributed by atoms with van der Waals surface area (Å²) < 4.78 is 0. The van der Waals surface area contributed by atoms with E-state index in [9.17, 15) is 10.2 Å². The van der Waals surface area contributed by atoms with E-state index in [2.05, 4.69) is 37.5 Å². The van der Waals surface area contributed by atoms with E-state index >= 15 is 0 Å². The zero-order valence-corrected chi connectivity index (χ0v) is 30.5. The van der Waals surface area contributed by atoms with Crippen LogP contribution in [-0.2, 0) is 0 Å². The van der Waals surface area contributed by atoms with Crippen LogP contribution in [0.3, 0.4) is 0 Å². The van der Waals surface area contributed by atoms with Crippen molar-refractivity contribution >= 4 is 0 Å². The third-order valence-electron chi connectivity index (χ3n) is 9.77. The standard InChI is InChI=1S/C38H82N4O2/c1-5-7-9-11-13-15-17-19-21-23-27-35(3)41(33-37(43)31-39)29-25-26-30-42(34-38(44)32-40)36(4)28-24-22-20-18-16-14-12-10-8-6-2/h35-38,43-44H,5-34,39-40H2,1-4H3. The largest absolute Gasteiger partial charge is 0.390 e. The third kappa shape index (κ3) is 26.9. The Labute approximate surface area is 276 Å². The number of rotatable bonds is 35. The molecule has 0 spiro atoms. The molecule has 266 valence electrons. The lowest BCUT2D eigenvalue weighted by Crippen LogP contribution is -2.43. The highest BCUT2D eigenvalue weighted by Crippen LogP contribution is 2.17. The van der Waals surface area contributed by atoms with Gasteiger partial charge in [0.25, 0.3) is 0 Å². The highest BCUT2D eigenvalue weighted by Gasteiger charge is 2.19. The summed E-state index contributed by atoms with van der Waals surface area (Å²) in [4.78, 5) is 4.94. The van der Waals surface area contributed by atoms with Crippen LogP contribution in [0.25, 0.3) is 0 Å². The molecule has 44 heavy (non-hydrogen) atoms. The maximum atomic E-state index is 10.3. The average Bonchev–Trinajstić information content (AvgIpc) is 3.02. The van der Waals surface area contributed by atoms with Crippen molar-refractivity contribution in [3.05, 3.63) is 0 Å². The van der Waals surface area contributed by atoms with Crippen LogP contribution in [0, 0.1) is 0 Å². The lowest BCUT2D eigenvalue weighted by atomic mass is 10.0. The molecule has 0 rings (SSSR count). The maximum absolute atomic E-state index is 10.3. The van der Waals surface area contributed by atoms with Gasteiger partial charge in [-0.25, -0.2) is 0 Å². The van der Waals surface area contributed by atoms with Crippen molar-refractivity contribution in [1.29, 1.82) is 0 Å². The second-order valence-electron chi connectivity index (χ2n) is 14.1. The first kappa shape index (κ1) is 43.8. The number of nitrogens with two attached hydrogens (primary N) is 2. The second-order valence-corrected chi connectivity index (χ2v) is 14.1. The Hall–Kier alpha value is -0.240. The third-order valence-corrected chi connectivity index (χ3v) is 9.77. The molecule has 0 amide bonds. The fourth-order valence-electron chi connectivity index (χ4n) is 6.52. The number of aliphatic hydroxyl groups excluding tert-OH is 2. The minimum absolute atomic E-state index is 0.322. The molecule has 0 radical (unpaired) electrons. The summed E-state index contributed by atoms with van der Waals surface area (Å²) in [7, 11) is 0. The van der Waals surface area contributed by atoms with E-state index in [4.69, 9.17) is 11.5 Å². The Bertz CT molecular complexity index is 519. The topological polar surface area (TPSA) is 99.0 Å². The van der Waals surface area contributed by atoms with Crippen LogP contribution < -0.4 is 11.5 Å². The number of hydrogen-bond donors (Lipinski definition) is 4. The smallest absolute Gasteiger partial charge is 0.0789 e. The first-order valence-electron chi connectivity index (χ1n) is 19.6. The molecule has 6 N–H and O–H groups in total. The van der Waals surface area contributed by atoms with Crippen molar-refractivity contribution in [3.63, 3.8) is 0 Å². The Morgan fingerprint density at radius 1 is 0.432 bits per heavy atom. The van der Waals surface area contributed by atoms with Crippen molar-refractivity contribution in [2.75, 3.05) is 39.3 Å². The molecule has 0 saturated carbocycles. The van der Waals surface area contributed by atoms with Crippen LogP contribution in [0.4, 0.5) is 0 Å². The van der Waals surface area contributed by atoms with Gasteiger partial charge in [0.15, 0.2) is 0 Å². The van der Waals surface area contributed by atoms with Crippen molar-refractivity contribution in [1.82, 2.24) is 9.80 Å². The fraction of sp³-hybridized carbons (Fsp3) is 1.00. The Kier molecular flexibility index (Phi) is 32.5. The van der Waals surface area contributed by atoms with Gasteiger partial charge in [-0.2, -0.15) is 0 Å². The average molecular weight is 627 g/mol.